The molecule has 2 amide bonds. The van der Waals surface area contributed by atoms with Crippen LogP contribution in [0.3, 0.4) is 0 Å². The third-order valence-electron chi connectivity index (χ3n) is 8.72. The molecule has 10 nitrogen and oxygen atoms in total. The molecule has 0 aliphatic heterocycles. The number of fused-ring (bicyclic) bond motifs is 2. The number of benzene rings is 4. The molecule has 54 heavy (non-hydrogen) atoms. The van der Waals surface area contributed by atoms with E-state index in [-0.39, 0.29) is 44.4 Å². The minimum atomic E-state index is -4.57. The number of Topliss-reactive ketones (excluding diaryl/α,β-unsaturated/α-hetero) is 2. The molecule has 4 aromatic carbocycles. The van der Waals surface area contributed by atoms with Crippen LogP contribution < -0.4 is 10.6 Å². The Morgan fingerprint density at radius 1 is 0.537 bits per heavy atom. The number of anilines is 2. The standard InChI is InChI=1S/C38H22F6N4O6/c39-37(40,41)19-3-7-21(8-4-19)47-35(53)17-1-11-27-23(13-17)25(15-45-27)29-31(49)33(51)30(34(52)32(29)50)26-16-46-28-12-2-18(14-24(26)28)36(54)48-22-9-5-20(6-10-22)38(42,43)44/h1-16,45-46,49,52H,(H,47,53)(H,48,54). The molecule has 0 saturated heterocycles. The average Bonchev–Trinajstić information content (AvgIpc) is 3.74. The Bertz CT molecular complexity index is 2430. The molecule has 0 spiro atoms. The van der Waals surface area contributed by atoms with Gasteiger partial charge in [-0.25, -0.2) is 0 Å². The number of allylic oxidation sites excluding steroid dienone is 2. The minimum Gasteiger partial charge on any atom is -0.504 e. The minimum absolute atomic E-state index is 0.00957. The zero-order chi connectivity index (χ0) is 38.7. The number of alkyl halides is 6. The first kappa shape index (κ1) is 35.3. The summed E-state index contributed by atoms with van der Waals surface area (Å²) in [4.78, 5) is 59.2. The fraction of sp³-hybridized carbons (Fsp3) is 0.0526. The van der Waals surface area contributed by atoms with Gasteiger partial charge >= 0.3 is 12.4 Å². The van der Waals surface area contributed by atoms with E-state index < -0.39 is 69.5 Å². The van der Waals surface area contributed by atoms with Gasteiger partial charge in [0.2, 0.25) is 11.6 Å². The lowest BCUT2D eigenvalue weighted by atomic mass is 9.85. The molecule has 16 heteroatoms. The van der Waals surface area contributed by atoms with E-state index in [1.54, 1.807) is 0 Å². The Morgan fingerprint density at radius 2 is 0.889 bits per heavy atom. The number of aromatic amines is 2. The molecule has 1 aliphatic carbocycles. The summed E-state index contributed by atoms with van der Waals surface area (Å²) >= 11 is 0. The van der Waals surface area contributed by atoms with Crippen molar-refractivity contribution in [1.29, 1.82) is 0 Å². The number of aliphatic hydroxyl groups is 2. The number of carbonyl (C=O) groups excluding carboxylic acids is 4. The summed E-state index contributed by atoms with van der Waals surface area (Å²) in [6.07, 6.45) is -6.57. The highest BCUT2D eigenvalue weighted by molar-refractivity contribution is 6.48. The maximum Gasteiger partial charge on any atom is 0.416 e. The van der Waals surface area contributed by atoms with Gasteiger partial charge in [-0.1, -0.05) is 0 Å². The number of amides is 2. The molecule has 2 aromatic heterocycles. The van der Waals surface area contributed by atoms with Gasteiger partial charge < -0.3 is 30.8 Å². The van der Waals surface area contributed by atoms with E-state index in [2.05, 4.69) is 20.6 Å². The maximum atomic E-state index is 13.7. The Morgan fingerprint density at radius 3 is 1.22 bits per heavy atom. The van der Waals surface area contributed by atoms with E-state index >= 15 is 0 Å². The van der Waals surface area contributed by atoms with Crippen LogP contribution in [0.15, 0.2) is 109 Å². The van der Waals surface area contributed by atoms with E-state index in [0.29, 0.717) is 11.0 Å². The molecule has 2 heterocycles. The molecule has 7 rings (SSSR count). The number of ketones is 2. The first-order valence-electron chi connectivity index (χ1n) is 15.7. The van der Waals surface area contributed by atoms with Crippen LogP contribution in [0.25, 0.3) is 33.0 Å². The molecule has 272 valence electrons. The number of hydrogen-bond donors (Lipinski definition) is 6. The third kappa shape index (κ3) is 6.33. The van der Waals surface area contributed by atoms with Gasteiger partial charge in [0.15, 0.2) is 11.5 Å². The zero-order valence-electron chi connectivity index (χ0n) is 27.0. The summed E-state index contributed by atoms with van der Waals surface area (Å²) in [7, 11) is 0. The topological polar surface area (TPSA) is 164 Å². The third-order valence-corrected chi connectivity index (χ3v) is 8.72. The van der Waals surface area contributed by atoms with Gasteiger partial charge in [0, 0.05) is 67.8 Å². The number of rotatable bonds is 6. The summed E-state index contributed by atoms with van der Waals surface area (Å²) in [5.41, 5.74) is -2.17. The van der Waals surface area contributed by atoms with Crippen LogP contribution in [0.4, 0.5) is 37.7 Å². The van der Waals surface area contributed by atoms with Crippen molar-refractivity contribution < 1.29 is 55.7 Å². The normalized spacial score (nSPS) is 14.0. The molecular formula is C38H22F6N4O6. The number of hydrogen-bond acceptors (Lipinski definition) is 6. The van der Waals surface area contributed by atoms with E-state index in [4.69, 9.17) is 0 Å². The summed E-state index contributed by atoms with van der Waals surface area (Å²) < 4.78 is 77.6. The highest BCUT2D eigenvalue weighted by atomic mass is 19.4. The van der Waals surface area contributed by atoms with Crippen LogP contribution in [-0.4, -0.2) is 43.6 Å². The largest absolute Gasteiger partial charge is 0.504 e. The van der Waals surface area contributed by atoms with Crippen LogP contribution in [0.5, 0.6) is 0 Å². The molecule has 0 unspecified atom stereocenters. The van der Waals surface area contributed by atoms with Crippen molar-refractivity contribution in [3.8, 4) is 0 Å². The smallest absolute Gasteiger partial charge is 0.416 e. The monoisotopic (exact) mass is 744 g/mol. The predicted molar refractivity (Wildman–Crippen MR) is 185 cm³/mol. The quantitative estimate of drug-likeness (QED) is 0.0739. The lowest BCUT2D eigenvalue weighted by molar-refractivity contribution is -0.138. The average molecular weight is 745 g/mol. The molecule has 0 fully saturated rings. The predicted octanol–water partition coefficient (Wildman–Crippen LogP) is 8.58. The van der Waals surface area contributed by atoms with Gasteiger partial charge in [-0.15, -0.1) is 0 Å². The lowest BCUT2D eigenvalue weighted by Gasteiger charge is -2.18. The number of aromatic nitrogens is 2. The summed E-state index contributed by atoms with van der Waals surface area (Å²) in [6.45, 7) is 0. The van der Waals surface area contributed by atoms with E-state index in [1.807, 2.05) is 0 Å². The second kappa shape index (κ2) is 12.8. The van der Waals surface area contributed by atoms with Gasteiger partial charge in [0.1, 0.15) is 0 Å². The van der Waals surface area contributed by atoms with Gasteiger partial charge in [-0.2, -0.15) is 26.3 Å². The number of H-pyrrole nitrogens is 2. The van der Waals surface area contributed by atoms with Crippen molar-refractivity contribution in [1.82, 2.24) is 9.97 Å². The molecule has 6 aromatic rings. The second-order valence-corrected chi connectivity index (χ2v) is 12.1. The van der Waals surface area contributed by atoms with Gasteiger partial charge in [-0.3, -0.25) is 19.2 Å². The Labute approximate surface area is 298 Å². The van der Waals surface area contributed by atoms with Crippen molar-refractivity contribution >= 4 is 67.7 Å². The molecule has 1 aliphatic rings. The van der Waals surface area contributed by atoms with Crippen molar-refractivity contribution in [3.63, 3.8) is 0 Å². The molecule has 0 bridgehead atoms. The maximum absolute atomic E-state index is 13.7. The number of aliphatic hydroxyl groups excluding tert-OH is 2. The Balaban J connectivity index is 1.17. The van der Waals surface area contributed by atoms with Crippen molar-refractivity contribution in [2.45, 2.75) is 12.4 Å². The molecule has 6 N–H and O–H groups in total. The van der Waals surface area contributed by atoms with E-state index in [1.165, 1.54) is 48.8 Å². The van der Waals surface area contributed by atoms with Gasteiger partial charge in [0.25, 0.3) is 11.8 Å². The highest BCUT2D eigenvalue weighted by Gasteiger charge is 2.38. The number of halogens is 6. The SMILES string of the molecule is O=C1C(O)=C(c2c[nH]c3ccc(C(=O)Nc4ccc(C(F)(F)F)cc4)cc23)C(=O)C(O)=C1c1c[nH]c2ccc(C(=O)Nc3ccc(C(F)(F)F)cc3)cc12. The van der Waals surface area contributed by atoms with Crippen LogP contribution in [0, 0.1) is 0 Å². The van der Waals surface area contributed by atoms with Gasteiger partial charge in [-0.05, 0) is 84.9 Å². The lowest BCUT2D eigenvalue weighted by Crippen LogP contribution is -2.22. The Hall–Kier alpha value is -7.10. The zero-order valence-corrected chi connectivity index (χ0v) is 27.0. The summed E-state index contributed by atoms with van der Waals surface area (Å²) in [5.74, 6) is -5.78. The van der Waals surface area contributed by atoms with E-state index in [0.717, 1.165) is 48.5 Å². The first-order valence-corrected chi connectivity index (χ1v) is 15.7. The van der Waals surface area contributed by atoms with Crippen molar-refractivity contribution in [2.24, 2.45) is 0 Å². The van der Waals surface area contributed by atoms with E-state index in [9.17, 15) is 55.7 Å². The first-order chi connectivity index (χ1) is 25.5. The van der Waals surface area contributed by atoms with Crippen LogP contribution in [0.1, 0.15) is 43.0 Å². The summed E-state index contributed by atoms with van der Waals surface area (Å²) in [5, 5.41) is 27.7. The summed E-state index contributed by atoms with van der Waals surface area (Å²) in [6, 6.07) is 15.9. The van der Waals surface area contributed by atoms with Crippen LogP contribution in [0.2, 0.25) is 0 Å². The molecule has 0 saturated carbocycles. The number of nitrogens with one attached hydrogen (secondary N) is 4. The molecular weight excluding hydrogens is 722 g/mol. The second-order valence-electron chi connectivity index (χ2n) is 12.1. The molecule has 0 radical (unpaired) electrons. The van der Waals surface area contributed by atoms with Crippen molar-refractivity contribution in [3.05, 3.63) is 142 Å². The van der Waals surface area contributed by atoms with Crippen LogP contribution in [-0.2, 0) is 21.9 Å². The highest BCUT2D eigenvalue weighted by Crippen LogP contribution is 2.39. The van der Waals surface area contributed by atoms with Crippen molar-refractivity contribution in [2.75, 3.05) is 10.6 Å². The fourth-order valence-corrected chi connectivity index (χ4v) is 6.01. The molecule has 0 atom stereocenters. The Kier molecular flexibility index (Phi) is 8.39. The fourth-order valence-electron chi connectivity index (χ4n) is 6.01. The number of carbonyl (C=O) groups is 4. The van der Waals surface area contributed by atoms with Gasteiger partial charge in [0.05, 0.1) is 22.3 Å². The van der Waals surface area contributed by atoms with Crippen LogP contribution >= 0.6 is 0 Å².